The number of aromatic nitrogens is 3. The summed E-state index contributed by atoms with van der Waals surface area (Å²) in [5, 5.41) is 15.4. The Kier molecular flexibility index (Phi) is 4.42. The van der Waals surface area contributed by atoms with Crippen LogP contribution in [0, 0.1) is 13.8 Å². The van der Waals surface area contributed by atoms with E-state index in [2.05, 4.69) is 20.3 Å². The van der Waals surface area contributed by atoms with E-state index in [0.29, 0.717) is 5.52 Å². The van der Waals surface area contributed by atoms with Crippen LogP contribution in [-0.4, -0.2) is 20.1 Å². The van der Waals surface area contributed by atoms with Crippen LogP contribution < -0.4 is 5.32 Å². The van der Waals surface area contributed by atoms with E-state index < -0.39 is 0 Å². The van der Waals surface area contributed by atoms with Gasteiger partial charge in [0.25, 0.3) is 0 Å². The molecule has 0 spiro atoms. The van der Waals surface area contributed by atoms with Crippen LogP contribution in [0.3, 0.4) is 0 Å². The molecule has 0 saturated carbocycles. The van der Waals surface area contributed by atoms with Crippen molar-refractivity contribution in [3.8, 4) is 5.75 Å². The Labute approximate surface area is 157 Å². The van der Waals surface area contributed by atoms with Gasteiger partial charge in [0.1, 0.15) is 17.1 Å². The number of rotatable bonds is 4. The maximum atomic E-state index is 11.0. The molecule has 0 aliphatic heterocycles. The van der Waals surface area contributed by atoms with Gasteiger partial charge >= 0.3 is 0 Å². The van der Waals surface area contributed by atoms with Crippen LogP contribution in [0.25, 0.3) is 10.9 Å². The van der Waals surface area contributed by atoms with Gasteiger partial charge in [0.05, 0.1) is 6.04 Å². The van der Waals surface area contributed by atoms with Crippen LogP contribution in [0.15, 0.2) is 67.1 Å². The van der Waals surface area contributed by atoms with E-state index in [1.165, 1.54) is 0 Å². The minimum Gasteiger partial charge on any atom is -0.505 e. The van der Waals surface area contributed by atoms with Crippen LogP contribution in [0.2, 0.25) is 0 Å². The highest BCUT2D eigenvalue weighted by Crippen LogP contribution is 2.36. The molecule has 134 valence electrons. The Hall–Kier alpha value is -3.47. The summed E-state index contributed by atoms with van der Waals surface area (Å²) in [5.41, 5.74) is 4.31. The predicted molar refractivity (Wildman–Crippen MR) is 107 cm³/mol. The normalized spacial score (nSPS) is 12.1. The summed E-state index contributed by atoms with van der Waals surface area (Å²) >= 11 is 0. The Morgan fingerprint density at radius 1 is 0.926 bits per heavy atom. The lowest BCUT2D eigenvalue weighted by Gasteiger charge is -2.22. The fraction of sp³-hybridized carbons (Fsp3) is 0.136. The van der Waals surface area contributed by atoms with Crippen molar-refractivity contribution >= 4 is 16.7 Å². The first kappa shape index (κ1) is 17.0. The molecule has 4 aromatic rings. The third-order valence-electron chi connectivity index (χ3n) is 4.56. The van der Waals surface area contributed by atoms with Crippen molar-refractivity contribution in [2.24, 2.45) is 0 Å². The van der Waals surface area contributed by atoms with E-state index in [1.807, 2.05) is 62.4 Å². The highest BCUT2D eigenvalue weighted by molar-refractivity contribution is 5.86. The lowest BCUT2D eigenvalue weighted by atomic mass is 9.97. The van der Waals surface area contributed by atoms with Gasteiger partial charge in [0, 0.05) is 35.2 Å². The number of anilines is 1. The number of hydrogen-bond acceptors (Lipinski definition) is 5. The molecule has 3 heterocycles. The number of pyridine rings is 3. The predicted octanol–water partition coefficient (Wildman–Crippen LogP) is 4.55. The molecule has 0 fully saturated rings. The Bertz CT molecular complexity index is 1100. The quantitative estimate of drug-likeness (QED) is 0.561. The standard InChI is InChI=1S/C22H20N4O/c1-14-7-12-24-19(13-14)26-20(17-8-10-23-11-9-17)18-6-5-16-4-3-15(2)25-21(16)22(18)27/h3-13,20,27H,1-2H3,(H,24,26)/t20-/m1/s1. The molecule has 0 aliphatic rings. The first-order valence-corrected chi connectivity index (χ1v) is 8.80. The second-order valence-corrected chi connectivity index (χ2v) is 6.60. The number of hydrogen-bond donors (Lipinski definition) is 2. The fourth-order valence-electron chi connectivity index (χ4n) is 3.18. The van der Waals surface area contributed by atoms with Crippen molar-refractivity contribution in [1.82, 2.24) is 15.0 Å². The summed E-state index contributed by atoms with van der Waals surface area (Å²) in [6.45, 7) is 3.94. The third kappa shape index (κ3) is 3.44. The third-order valence-corrected chi connectivity index (χ3v) is 4.56. The van der Waals surface area contributed by atoms with E-state index in [9.17, 15) is 5.11 Å². The topological polar surface area (TPSA) is 70.9 Å². The number of benzene rings is 1. The smallest absolute Gasteiger partial charge is 0.147 e. The Morgan fingerprint density at radius 3 is 2.48 bits per heavy atom. The van der Waals surface area contributed by atoms with Gasteiger partial charge in [-0.2, -0.15) is 0 Å². The summed E-state index contributed by atoms with van der Waals surface area (Å²) in [6.07, 6.45) is 5.26. The highest BCUT2D eigenvalue weighted by atomic mass is 16.3. The first-order chi connectivity index (χ1) is 13.1. The zero-order valence-electron chi connectivity index (χ0n) is 15.2. The van der Waals surface area contributed by atoms with E-state index >= 15 is 0 Å². The van der Waals surface area contributed by atoms with Crippen molar-refractivity contribution < 1.29 is 5.11 Å². The van der Waals surface area contributed by atoms with Crippen LogP contribution in [0.5, 0.6) is 5.75 Å². The summed E-state index contributed by atoms with van der Waals surface area (Å²) in [4.78, 5) is 13.0. The zero-order valence-corrected chi connectivity index (χ0v) is 15.2. The van der Waals surface area contributed by atoms with Crippen LogP contribution in [0.4, 0.5) is 5.82 Å². The average Bonchev–Trinajstić information content (AvgIpc) is 2.68. The Balaban J connectivity index is 1.86. The maximum absolute atomic E-state index is 11.0. The van der Waals surface area contributed by atoms with Crippen LogP contribution in [-0.2, 0) is 0 Å². The molecule has 0 unspecified atom stereocenters. The van der Waals surface area contributed by atoms with Gasteiger partial charge in [-0.25, -0.2) is 9.97 Å². The molecule has 2 N–H and O–H groups in total. The lowest BCUT2D eigenvalue weighted by Crippen LogP contribution is -2.14. The number of aromatic hydroxyl groups is 1. The molecule has 0 aliphatic carbocycles. The fourth-order valence-corrected chi connectivity index (χ4v) is 3.18. The van der Waals surface area contributed by atoms with Gasteiger partial charge in [0.2, 0.25) is 0 Å². The lowest BCUT2D eigenvalue weighted by molar-refractivity contribution is 0.471. The van der Waals surface area contributed by atoms with Gasteiger partial charge in [-0.1, -0.05) is 18.2 Å². The number of aryl methyl sites for hydroxylation is 2. The number of nitrogens with one attached hydrogen (secondary N) is 1. The van der Waals surface area contributed by atoms with Gasteiger partial charge in [-0.3, -0.25) is 4.98 Å². The highest BCUT2D eigenvalue weighted by Gasteiger charge is 2.20. The van der Waals surface area contributed by atoms with E-state index in [4.69, 9.17) is 0 Å². The van der Waals surface area contributed by atoms with Crippen LogP contribution >= 0.6 is 0 Å². The van der Waals surface area contributed by atoms with Crippen molar-refractivity contribution in [1.29, 1.82) is 0 Å². The number of nitrogens with zero attached hydrogens (tertiary/aromatic N) is 3. The molecular weight excluding hydrogens is 336 g/mol. The molecule has 5 heteroatoms. The second kappa shape index (κ2) is 7.03. The zero-order chi connectivity index (χ0) is 18.8. The van der Waals surface area contributed by atoms with Crippen LogP contribution in [0.1, 0.15) is 28.4 Å². The summed E-state index contributed by atoms with van der Waals surface area (Å²) in [6, 6.07) is 15.3. The molecule has 3 aromatic heterocycles. The molecule has 27 heavy (non-hydrogen) atoms. The first-order valence-electron chi connectivity index (χ1n) is 8.80. The number of phenols is 1. The second-order valence-electron chi connectivity index (χ2n) is 6.60. The van der Waals surface area contributed by atoms with Crippen molar-refractivity contribution in [3.63, 3.8) is 0 Å². The molecule has 0 amide bonds. The maximum Gasteiger partial charge on any atom is 0.147 e. The molecular formula is C22H20N4O. The van der Waals surface area contributed by atoms with Gasteiger partial charge in [-0.05, 0) is 55.3 Å². The minimum absolute atomic E-state index is 0.179. The summed E-state index contributed by atoms with van der Waals surface area (Å²) in [7, 11) is 0. The Morgan fingerprint density at radius 2 is 1.70 bits per heavy atom. The largest absolute Gasteiger partial charge is 0.505 e. The molecule has 1 aromatic carbocycles. The van der Waals surface area contributed by atoms with Crippen molar-refractivity contribution in [3.05, 3.63) is 89.5 Å². The number of fused-ring (bicyclic) bond motifs is 1. The van der Waals surface area contributed by atoms with Gasteiger partial charge in [-0.15, -0.1) is 0 Å². The minimum atomic E-state index is -0.283. The molecule has 0 bridgehead atoms. The molecule has 0 saturated heterocycles. The molecule has 4 rings (SSSR count). The van der Waals surface area contributed by atoms with Crippen molar-refractivity contribution in [2.75, 3.05) is 5.32 Å². The molecule has 1 atom stereocenters. The molecule has 0 radical (unpaired) electrons. The van der Waals surface area contributed by atoms with E-state index in [0.717, 1.165) is 33.6 Å². The van der Waals surface area contributed by atoms with E-state index in [-0.39, 0.29) is 11.8 Å². The SMILES string of the molecule is Cc1ccnc(N[C@H](c2ccncc2)c2ccc3ccc(C)nc3c2O)c1. The summed E-state index contributed by atoms with van der Waals surface area (Å²) < 4.78 is 0. The number of phenolic OH excluding ortho intramolecular Hbond substituents is 1. The monoisotopic (exact) mass is 356 g/mol. The van der Waals surface area contributed by atoms with Gasteiger partial charge < -0.3 is 10.4 Å². The molecule has 5 nitrogen and oxygen atoms in total. The van der Waals surface area contributed by atoms with E-state index in [1.54, 1.807) is 18.6 Å². The summed E-state index contributed by atoms with van der Waals surface area (Å²) in [5.74, 6) is 0.923. The average molecular weight is 356 g/mol. The van der Waals surface area contributed by atoms with Crippen molar-refractivity contribution in [2.45, 2.75) is 19.9 Å². The van der Waals surface area contributed by atoms with Gasteiger partial charge in [0.15, 0.2) is 0 Å².